The Hall–Kier alpha value is -3.22. The van der Waals surface area contributed by atoms with Gasteiger partial charge in [-0.05, 0) is 25.1 Å². The number of aromatic nitrogens is 2. The van der Waals surface area contributed by atoms with Crippen LogP contribution in [-0.2, 0) is 0 Å². The van der Waals surface area contributed by atoms with Gasteiger partial charge in [0.15, 0.2) is 0 Å². The maximum atomic E-state index is 11.7. The fraction of sp³-hybridized carbons (Fsp3) is 0.0667. The van der Waals surface area contributed by atoms with Gasteiger partial charge in [-0.2, -0.15) is 0 Å². The Kier molecular flexibility index (Phi) is 3.30. The van der Waals surface area contributed by atoms with Gasteiger partial charge in [0.05, 0.1) is 22.2 Å². The molecule has 3 rings (SSSR count). The molecule has 1 heterocycles. The molecule has 0 aliphatic rings. The second-order valence-corrected chi connectivity index (χ2v) is 4.87. The number of aryl methyl sites for hydroxylation is 1. The van der Waals surface area contributed by atoms with Crippen LogP contribution in [0.2, 0.25) is 0 Å². The van der Waals surface area contributed by atoms with E-state index in [4.69, 9.17) is 0 Å². The van der Waals surface area contributed by atoms with E-state index in [1.807, 2.05) is 31.2 Å². The zero-order chi connectivity index (χ0) is 15.7. The van der Waals surface area contributed by atoms with Gasteiger partial charge in [0.1, 0.15) is 5.69 Å². The summed E-state index contributed by atoms with van der Waals surface area (Å²) in [6.45, 7) is 1.96. The lowest BCUT2D eigenvalue weighted by Crippen LogP contribution is -2.07. The third-order valence-electron chi connectivity index (χ3n) is 3.29. The van der Waals surface area contributed by atoms with Crippen LogP contribution in [0.25, 0.3) is 10.9 Å². The zero-order valence-electron chi connectivity index (χ0n) is 11.7. The molecule has 2 aromatic carbocycles. The van der Waals surface area contributed by atoms with E-state index in [2.05, 4.69) is 15.3 Å². The first-order valence-corrected chi connectivity index (χ1v) is 6.54. The van der Waals surface area contributed by atoms with Crippen LogP contribution in [-0.4, -0.2) is 14.9 Å². The minimum Gasteiger partial charge on any atom is -0.350 e. The normalized spacial score (nSPS) is 10.6. The lowest BCUT2D eigenvalue weighted by molar-refractivity contribution is -0.383. The van der Waals surface area contributed by atoms with Crippen molar-refractivity contribution in [3.63, 3.8) is 0 Å². The van der Waals surface area contributed by atoms with Gasteiger partial charge in [-0.25, -0.2) is 4.98 Å². The van der Waals surface area contributed by atoms with E-state index in [9.17, 15) is 14.9 Å². The van der Waals surface area contributed by atoms with Crippen LogP contribution >= 0.6 is 0 Å². The quantitative estimate of drug-likeness (QED) is 0.571. The van der Waals surface area contributed by atoms with Crippen molar-refractivity contribution >= 4 is 28.0 Å². The number of anilines is 2. The van der Waals surface area contributed by atoms with Crippen LogP contribution in [0.15, 0.2) is 47.5 Å². The summed E-state index contributed by atoms with van der Waals surface area (Å²) in [7, 11) is 0. The molecule has 7 heteroatoms. The van der Waals surface area contributed by atoms with Gasteiger partial charge < -0.3 is 10.3 Å². The van der Waals surface area contributed by atoms with Gasteiger partial charge in [-0.15, -0.1) is 0 Å². The summed E-state index contributed by atoms with van der Waals surface area (Å²) in [5.74, 6) is 0. The summed E-state index contributed by atoms with van der Waals surface area (Å²) in [5, 5.41) is 14.4. The van der Waals surface area contributed by atoms with Crippen molar-refractivity contribution in [3.05, 3.63) is 68.8 Å². The van der Waals surface area contributed by atoms with E-state index >= 15 is 0 Å². The molecular formula is C15H12N4O3. The van der Waals surface area contributed by atoms with Gasteiger partial charge in [-0.3, -0.25) is 14.9 Å². The zero-order valence-corrected chi connectivity index (χ0v) is 11.7. The van der Waals surface area contributed by atoms with E-state index in [1.165, 1.54) is 18.5 Å². The first-order valence-electron chi connectivity index (χ1n) is 6.54. The highest BCUT2D eigenvalue weighted by atomic mass is 16.6. The number of H-pyrrole nitrogens is 1. The maximum absolute atomic E-state index is 11.7. The number of nitro benzene ring substituents is 1. The number of aromatic amines is 1. The summed E-state index contributed by atoms with van der Waals surface area (Å²) >= 11 is 0. The standard InChI is InChI=1S/C15H12N4O3/c1-9-2-4-10(5-3-9)18-13-7-12-11(6-14(13)19(21)22)15(20)17-8-16-12/h2-8,18H,1H3,(H,16,17,20). The van der Waals surface area contributed by atoms with Crippen molar-refractivity contribution in [1.82, 2.24) is 9.97 Å². The Morgan fingerprint density at radius 3 is 2.64 bits per heavy atom. The first-order chi connectivity index (χ1) is 10.5. The third-order valence-corrected chi connectivity index (χ3v) is 3.29. The predicted molar refractivity (Wildman–Crippen MR) is 83.5 cm³/mol. The van der Waals surface area contributed by atoms with E-state index < -0.39 is 10.5 Å². The van der Waals surface area contributed by atoms with Crippen LogP contribution < -0.4 is 10.9 Å². The molecule has 3 aromatic rings. The number of rotatable bonds is 3. The highest BCUT2D eigenvalue weighted by Gasteiger charge is 2.17. The van der Waals surface area contributed by atoms with Crippen LogP contribution in [0.4, 0.5) is 17.1 Å². The average molecular weight is 296 g/mol. The van der Waals surface area contributed by atoms with Crippen molar-refractivity contribution < 1.29 is 4.92 Å². The topological polar surface area (TPSA) is 101 Å². The molecule has 0 atom stereocenters. The van der Waals surface area contributed by atoms with Gasteiger partial charge in [0.25, 0.3) is 11.2 Å². The van der Waals surface area contributed by atoms with Gasteiger partial charge >= 0.3 is 0 Å². The molecule has 0 aliphatic heterocycles. The van der Waals surface area contributed by atoms with E-state index in [-0.39, 0.29) is 11.1 Å². The molecule has 0 unspecified atom stereocenters. The molecule has 0 aliphatic carbocycles. The van der Waals surface area contributed by atoms with Crippen molar-refractivity contribution in [3.8, 4) is 0 Å². The summed E-state index contributed by atoms with van der Waals surface area (Å²) in [5.41, 5.74) is 1.91. The van der Waals surface area contributed by atoms with E-state index in [0.29, 0.717) is 11.2 Å². The monoisotopic (exact) mass is 296 g/mol. The fourth-order valence-electron chi connectivity index (χ4n) is 2.15. The van der Waals surface area contributed by atoms with E-state index in [0.717, 1.165) is 11.3 Å². The highest BCUT2D eigenvalue weighted by Crippen LogP contribution is 2.30. The number of hydrogen-bond donors (Lipinski definition) is 2. The highest BCUT2D eigenvalue weighted by molar-refractivity contribution is 5.88. The molecule has 2 N–H and O–H groups in total. The molecule has 1 aromatic heterocycles. The molecule has 110 valence electrons. The molecular weight excluding hydrogens is 284 g/mol. The number of fused-ring (bicyclic) bond motifs is 1. The third kappa shape index (κ3) is 2.51. The minimum absolute atomic E-state index is 0.174. The molecule has 0 bridgehead atoms. The molecule has 0 saturated carbocycles. The largest absolute Gasteiger partial charge is 0.350 e. The Bertz CT molecular complexity index is 916. The van der Waals surface area contributed by atoms with Crippen LogP contribution in [0.3, 0.4) is 0 Å². The number of hydrogen-bond acceptors (Lipinski definition) is 5. The SMILES string of the molecule is Cc1ccc(Nc2cc3nc[nH]c(=O)c3cc2[N+](=O)[O-])cc1. The molecule has 0 radical (unpaired) electrons. The molecule has 0 saturated heterocycles. The molecule has 0 fully saturated rings. The molecule has 22 heavy (non-hydrogen) atoms. The maximum Gasteiger partial charge on any atom is 0.293 e. The van der Waals surface area contributed by atoms with Crippen LogP contribution in [0.5, 0.6) is 0 Å². The van der Waals surface area contributed by atoms with Crippen LogP contribution in [0, 0.1) is 17.0 Å². The van der Waals surface area contributed by atoms with Crippen molar-refractivity contribution in [2.24, 2.45) is 0 Å². The van der Waals surface area contributed by atoms with Crippen LogP contribution in [0.1, 0.15) is 5.56 Å². The molecule has 0 amide bonds. The lowest BCUT2D eigenvalue weighted by atomic mass is 10.1. The number of nitrogens with zero attached hydrogens (tertiary/aromatic N) is 2. The number of benzene rings is 2. The van der Waals surface area contributed by atoms with Gasteiger partial charge in [-0.1, -0.05) is 17.7 Å². The Balaban J connectivity index is 2.14. The number of nitrogens with one attached hydrogen (secondary N) is 2. The second-order valence-electron chi connectivity index (χ2n) is 4.87. The lowest BCUT2D eigenvalue weighted by Gasteiger charge is -2.08. The molecule has 7 nitrogen and oxygen atoms in total. The fourth-order valence-corrected chi connectivity index (χ4v) is 2.15. The van der Waals surface area contributed by atoms with E-state index in [1.54, 1.807) is 0 Å². The van der Waals surface area contributed by atoms with Crippen molar-refractivity contribution in [2.75, 3.05) is 5.32 Å². The second kappa shape index (κ2) is 5.28. The summed E-state index contributed by atoms with van der Waals surface area (Å²) < 4.78 is 0. The predicted octanol–water partition coefficient (Wildman–Crippen LogP) is 2.88. The van der Waals surface area contributed by atoms with Crippen molar-refractivity contribution in [2.45, 2.75) is 6.92 Å². The average Bonchev–Trinajstić information content (AvgIpc) is 2.49. The Morgan fingerprint density at radius 2 is 1.95 bits per heavy atom. The smallest absolute Gasteiger partial charge is 0.293 e. The van der Waals surface area contributed by atoms with Crippen molar-refractivity contribution in [1.29, 1.82) is 0 Å². The first kappa shape index (κ1) is 13.7. The Labute approximate surface area is 124 Å². The summed E-state index contributed by atoms with van der Waals surface area (Å²) in [6, 6.07) is 10.2. The van der Waals surface area contributed by atoms with Gasteiger partial charge in [0.2, 0.25) is 0 Å². The minimum atomic E-state index is -0.525. The Morgan fingerprint density at radius 1 is 1.23 bits per heavy atom. The van der Waals surface area contributed by atoms with Gasteiger partial charge in [0, 0.05) is 11.8 Å². The molecule has 0 spiro atoms. The number of nitro groups is 1. The summed E-state index contributed by atoms with van der Waals surface area (Å²) in [4.78, 5) is 28.9. The summed E-state index contributed by atoms with van der Waals surface area (Å²) in [6.07, 6.45) is 1.27.